The second-order valence-electron chi connectivity index (χ2n) is 7.77. The third kappa shape index (κ3) is 3.67. The van der Waals surface area contributed by atoms with Gasteiger partial charge in [0.15, 0.2) is 0 Å². The molecular weight excluding hydrogens is 366 g/mol. The fourth-order valence-electron chi connectivity index (χ4n) is 4.53. The number of carbonyl (C=O) groups excluding carboxylic acids is 1. The van der Waals surface area contributed by atoms with Crippen molar-refractivity contribution in [2.45, 2.75) is 52.2 Å². The maximum atomic E-state index is 13.2. The lowest BCUT2D eigenvalue weighted by atomic mass is 10.2. The van der Waals surface area contributed by atoms with E-state index < -0.39 is 0 Å². The van der Waals surface area contributed by atoms with Crippen molar-refractivity contribution in [3.8, 4) is 0 Å². The van der Waals surface area contributed by atoms with Crippen LogP contribution in [0.3, 0.4) is 0 Å². The van der Waals surface area contributed by atoms with Gasteiger partial charge in [-0.05, 0) is 38.4 Å². The number of fused-ring (bicyclic) bond motifs is 3. The summed E-state index contributed by atoms with van der Waals surface area (Å²) in [4.78, 5) is 28.1. The average Bonchev–Trinajstić information content (AvgIpc) is 3.32. The Hall–Kier alpha value is -2.67. The molecule has 0 bridgehead atoms. The minimum Gasteiger partial charge on any atom is -0.353 e. The Morgan fingerprint density at radius 3 is 2.86 bits per heavy atom. The van der Waals surface area contributed by atoms with Crippen molar-refractivity contribution in [3.63, 3.8) is 0 Å². The summed E-state index contributed by atoms with van der Waals surface area (Å²) in [5.74, 6) is -0.167. The Kier molecular flexibility index (Phi) is 5.67. The quantitative estimate of drug-likeness (QED) is 0.667. The molecule has 0 radical (unpaired) electrons. The van der Waals surface area contributed by atoms with E-state index in [4.69, 9.17) is 0 Å². The standard InChI is InChI=1S/C22H29N5O2/c1-3-11-26-19-10-6-5-9-17(19)18-14-24-27(22(29)21(18)26)15-20(28)23-13-16-8-7-12-25(16)4-2/h5-6,9-10,14,16H,3-4,7-8,11-13,15H2,1-2H3,(H,23,28). The van der Waals surface area contributed by atoms with Crippen LogP contribution >= 0.6 is 0 Å². The third-order valence-electron chi connectivity index (χ3n) is 5.95. The van der Waals surface area contributed by atoms with Crippen LogP contribution in [0.15, 0.2) is 35.3 Å². The number of aryl methyl sites for hydroxylation is 1. The summed E-state index contributed by atoms with van der Waals surface area (Å²) in [5, 5.41) is 9.17. The predicted octanol–water partition coefficient (Wildman–Crippen LogP) is 2.36. The molecular formula is C22H29N5O2. The van der Waals surface area contributed by atoms with Gasteiger partial charge in [0.05, 0.1) is 6.20 Å². The SMILES string of the molecule is CCCn1c2ccccc2c2cnn(CC(=O)NCC3CCCN3CC)c(=O)c21. The molecule has 1 atom stereocenters. The molecule has 1 aliphatic heterocycles. The zero-order valence-corrected chi connectivity index (χ0v) is 17.2. The summed E-state index contributed by atoms with van der Waals surface area (Å²) < 4.78 is 3.34. The van der Waals surface area contributed by atoms with Gasteiger partial charge in [0, 0.05) is 35.4 Å². The summed E-state index contributed by atoms with van der Waals surface area (Å²) in [6, 6.07) is 8.39. The van der Waals surface area contributed by atoms with Crippen molar-refractivity contribution in [1.29, 1.82) is 0 Å². The predicted molar refractivity (Wildman–Crippen MR) is 115 cm³/mol. The Morgan fingerprint density at radius 1 is 1.24 bits per heavy atom. The lowest BCUT2D eigenvalue weighted by molar-refractivity contribution is -0.122. The molecule has 7 heteroatoms. The molecule has 3 heterocycles. The molecule has 1 aliphatic rings. The third-order valence-corrected chi connectivity index (χ3v) is 5.95. The topological polar surface area (TPSA) is 72.2 Å². The first kappa shape index (κ1) is 19.6. The van der Waals surface area contributed by atoms with Gasteiger partial charge in [0.25, 0.3) is 5.56 Å². The summed E-state index contributed by atoms with van der Waals surface area (Å²) >= 11 is 0. The highest BCUT2D eigenvalue weighted by molar-refractivity contribution is 6.07. The fourth-order valence-corrected chi connectivity index (χ4v) is 4.53. The number of carbonyl (C=O) groups is 1. The summed E-state index contributed by atoms with van der Waals surface area (Å²) in [6.07, 6.45) is 4.92. The largest absolute Gasteiger partial charge is 0.353 e. The number of nitrogens with one attached hydrogen (secondary N) is 1. The van der Waals surface area contributed by atoms with E-state index in [0.717, 1.165) is 48.8 Å². The molecule has 2 aromatic heterocycles. The number of amides is 1. The number of hydrogen-bond donors (Lipinski definition) is 1. The molecule has 154 valence electrons. The molecule has 0 aliphatic carbocycles. The highest BCUT2D eigenvalue weighted by Crippen LogP contribution is 2.26. The van der Waals surface area contributed by atoms with Gasteiger partial charge >= 0.3 is 0 Å². The number of likely N-dealkylation sites (N-methyl/N-ethyl adjacent to an activating group) is 1. The van der Waals surface area contributed by atoms with Crippen LogP contribution in [0, 0.1) is 0 Å². The van der Waals surface area contributed by atoms with E-state index in [1.54, 1.807) is 6.20 Å². The number of nitrogens with zero attached hydrogens (tertiary/aromatic N) is 4. The maximum Gasteiger partial charge on any atom is 0.291 e. The Morgan fingerprint density at radius 2 is 2.07 bits per heavy atom. The summed E-state index contributed by atoms with van der Waals surface area (Å²) in [6.45, 7) is 7.66. The molecule has 1 saturated heterocycles. The summed E-state index contributed by atoms with van der Waals surface area (Å²) in [5.41, 5.74) is 1.45. The fraction of sp³-hybridized carbons (Fsp3) is 0.500. The number of benzene rings is 1. The molecule has 0 saturated carbocycles. The van der Waals surface area contributed by atoms with Crippen LogP contribution < -0.4 is 10.9 Å². The van der Waals surface area contributed by atoms with Gasteiger partial charge in [-0.3, -0.25) is 14.5 Å². The molecule has 7 nitrogen and oxygen atoms in total. The normalized spacial score (nSPS) is 17.4. The van der Waals surface area contributed by atoms with Gasteiger partial charge < -0.3 is 9.88 Å². The van der Waals surface area contributed by atoms with Gasteiger partial charge in [0.1, 0.15) is 12.1 Å². The zero-order valence-electron chi connectivity index (χ0n) is 17.2. The number of likely N-dealkylation sites (tertiary alicyclic amines) is 1. The van der Waals surface area contributed by atoms with Gasteiger partial charge in [-0.15, -0.1) is 0 Å². The minimum atomic E-state index is -0.210. The van der Waals surface area contributed by atoms with Crippen LogP contribution in [0.25, 0.3) is 21.8 Å². The molecule has 1 amide bonds. The van der Waals surface area contributed by atoms with E-state index in [0.29, 0.717) is 18.1 Å². The second-order valence-corrected chi connectivity index (χ2v) is 7.77. The Balaban J connectivity index is 1.59. The molecule has 4 rings (SSSR count). The average molecular weight is 396 g/mol. The van der Waals surface area contributed by atoms with Crippen LogP contribution in [0.5, 0.6) is 0 Å². The molecule has 29 heavy (non-hydrogen) atoms. The van der Waals surface area contributed by atoms with Crippen LogP contribution in [0.2, 0.25) is 0 Å². The van der Waals surface area contributed by atoms with Crippen molar-refractivity contribution < 1.29 is 4.79 Å². The number of para-hydroxylation sites is 1. The highest BCUT2D eigenvalue weighted by atomic mass is 16.2. The number of rotatable bonds is 7. The second kappa shape index (κ2) is 8.37. The number of aromatic nitrogens is 3. The lowest BCUT2D eigenvalue weighted by Gasteiger charge is -2.22. The molecule has 1 N–H and O–H groups in total. The highest BCUT2D eigenvalue weighted by Gasteiger charge is 2.23. The molecule has 1 fully saturated rings. The van der Waals surface area contributed by atoms with Crippen LogP contribution in [0.4, 0.5) is 0 Å². The smallest absolute Gasteiger partial charge is 0.291 e. The maximum absolute atomic E-state index is 13.2. The van der Waals surface area contributed by atoms with Crippen LogP contribution in [0.1, 0.15) is 33.1 Å². The molecule has 1 aromatic carbocycles. The van der Waals surface area contributed by atoms with Gasteiger partial charge in [0.2, 0.25) is 5.91 Å². The minimum absolute atomic E-state index is 0.0543. The van der Waals surface area contributed by atoms with Gasteiger partial charge in [-0.2, -0.15) is 5.10 Å². The van der Waals surface area contributed by atoms with E-state index in [2.05, 4.69) is 33.7 Å². The Bertz CT molecular complexity index is 1080. The van der Waals surface area contributed by atoms with Crippen molar-refractivity contribution in [1.82, 2.24) is 24.6 Å². The first-order valence-electron chi connectivity index (χ1n) is 10.6. The first-order chi connectivity index (χ1) is 14.1. The van der Waals surface area contributed by atoms with Crippen LogP contribution in [-0.4, -0.2) is 50.8 Å². The van der Waals surface area contributed by atoms with E-state index in [9.17, 15) is 9.59 Å². The Labute approximate surface area is 170 Å². The molecule has 3 aromatic rings. The van der Waals surface area contributed by atoms with E-state index in [1.807, 2.05) is 24.3 Å². The lowest BCUT2D eigenvalue weighted by Crippen LogP contribution is -2.42. The van der Waals surface area contributed by atoms with Crippen molar-refractivity contribution in [3.05, 3.63) is 40.8 Å². The molecule has 0 spiro atoms. The van der Waals surface area contributed by atoms with Crippen molar-refractivity contribution >= 4 is 27.7 Å². The van der Waals surface area contributed by atoms with E-state index >= 15 is 0 Å². The zero-order chi connectivity index (χ0) is 20.4. The van der Waals surface area contributed by atoms with E-state index in [1.165, 1.54) is 11.1 Å². The van der Waals surface area contributed by atoms with Crippen molar-refractivity contribution in [2.75, 3.05) is 19.6 Å². The van der Waals surface area contributed by atoms with E-state index in [-0.39, 0.29) is 18.0 Å². The monoisotopic (exact) mass is 395 g/mol. The van der Waals surface area contributed by atoms with Crippen LogP contribution in [-0.2, 0) is 17.9 Å². The van der Waals surface area contributed by atoms with Gasteiger partial charge in [-0.1, -0.05) is 32.0 Å². The molecule has 1 unspecified atom stereocenters. The summed E-state index contributed by atoms with van der Waals surface area (Å²) in [7, 11) is 0. The first-order valence-corrected chi connectivity index (χ1v) is 10.6. The number of hydrogen-bond acceptors (Lipinski definition) is 4. The van der Waals surface area contributed by atoms with Gasteiger partial charge in [-0.25, -0.2) is 4.68 Å². The van der Waals surface area contributed by atoms with Crippen molar-refractivity contribution in [2.24, 2.45) is 0 Å².